The van der Waals surface area contributed by atoms with Crippen LogP contribution in [0.2, 0.25) is 0 Å². The van der Waals surface area contributed by atoms with Crippen LogP contribution in [0.25, 0.3) is 0 Å². The van der Waals surface area contributed by atoms with Crippen molar-refractivity contribution in [2.24, 2.45) is 16.7 Å². The Kier molecular flexibility index (Phi) is 2.46. The van der Waals surface area contributed by atoms with Crippen molar-refractivity contribution in [1.82, 2.24) is 0 Å². The molecule has 2 aliphatic carbocycles. The van der Waals surface area contributed by atoms with Crippen molar-refractivity contribution in [2.75, 3.05) is 0 Å². The highest BCUT2D eigenvalue weighted by molar-refractivity contribution is 6.13. The second-order valence-electron chi connectivity index (χ2n) is 6.23. The molecule has 0 bridgehead atoms. The lowest BCUT2D eigenvalue weighted by atomic mass is 9.50. The lowest BCUT2D eigenvalue weighted by Gasteiger charge is -2.51. The Morgan fingerprint density at radius 2 is 1.76 bits per heavy atom. The number of Topliss-reactive ketones (excluding diaryl/α,β-unsaturated/α-hetero) is 1. The van der Waals surface area contributed by atoms with E-state index >= 15 is 0 Å². The molecule has 0 saturated carbocycles. The van der Waals surface area contributed by atoms with Crippen LogP contribution in [-0.4, -0.2) is 11.6 Å². The summed E-state index contributed by atoms with van der Waals surface area (Å²) in [5, 5.41) is 0. The molecule has 2 heteroatoms. The van der Waals surface area contributed by atoms with E-state index in [-0.39, 0.29) is 22.9 Å². The van der Waals surface area contributed by atoms with Gasteiger partial charge in [-0.2, -0.15) is 0 Å². The Morgan fingerprint density at radius 3 is 2.35 bits per heavy atom. The summed E-state index contributed by atoms with van der Waals surface area (Å²) in [5.74, 6) is 0.0691. The largest absolute Gasteiger partial charge is 0.294 e. The monoisotopic (exact) mass is 232 g/mol. The van der Waals surface area contributed by atoms with Crippen molar-refractivity contribution in [3.63, 3.8) is 0 Å². The summed E-state index contributed by atoms with van der Waals surface area (Å²) in [7, 11) is 0. The molecular weight excluding hydrogens is 212 g/mol. The van der Waals surface area contributed by atoms with E-state index in [0.717, 1.165) is 0 Å². The number of carbonyl (C=O) groups is 2. The van der Waals surface area contributed by atoms with Crippen molar-refractivity contribution < 1.29 is 9.59 Å². The zero-order valence-corrected chi connectivity index (χ0v) is 11.3. The van der Waals surface area contributed by atoms with Crippen LogP contribution in [0.5, 0.6) is 0 Å². The van der Waals surface area contributed by atoms with Crippen molar-refractivity contribution in [2.45, 2.75) is 41.0 Å². The first-order chi connectivity index (χ1) is 7.70. The molecule has 0 N–H and O–H groups in total. The predicted octanol–water partition coefficient (Wildman–Crippen LogP) is 3.08. The lowest BCUT2D eigenvalue weighted by molar-refractivity contribution is -0.143. The zero-order chi connectivity index (χ0) is 13.0. The van der Waals surface area contributed by atoms with Gasteiger partial charge in [-0.15, -0.1) is 0 Å². The quantitative estimate of drug-likeness (QED) is 0.601. The zero-order valence-electron chi connectivity index (χ0n) is 11.3. The van der Waals surface area contributed by atoms with Gasteiger partial charge < -0.3 is 0 Å². The molecule has 0 radical (unpaired) electrons. The fraction of sp³-hybridized carbons (Fsp3) is 0.600. The van der Waals surface area contributed by atoms with E-state index in [1.54, 1.807) is 6.92 Å². The fourth-order valence-electron chi connectivity index (χ4n) is 3.43. The first-order valence-electron chi connectivity index (χ1n) is 6.15. The van der Waals surface area contributed by atoms with Crippen LogP contribution in [-0.2, 0) is 9.59 Å². The average molecular weight is 232 g/mol. The topological polar surface area (TPSA) is 34.1 Å². The maximum absolute atomic E-state index is 12.5. The number of hydrogen-bond acceptors (Lipinski definition) is 2. The molecule has 0 fully saturated rings. The number of rotatable bonds is 0. The molecule has 0 spiro atoms. The Hall–Kier alpha value is -1.18. The molecule has 92 valence electrons. The molecule has 2 rings (SSSR count). The summed E-state index contributed by atoms with van der Waals surface area (Å²) >= 11 is 0. The molecule has 17 heavy (non-hydrogen) atoms. The second kappa shape index (κ2) is 3.41. The molecule has 0 aliphatic heterocycles. The van der Waals surface area contributed by atoms with E-state index in [0.29, 0.717) is 12.0 Å². The summed E-state index contributed by atoms with van der Waals surface area (Å²) < 4.78 is 0. The molecule has 2 atom stereocenters. The van der Waals surface area contributed by atoms with Crippen LogP contribution in [0.1, 0.15) is 41.0 Å². The summed E-state index contributed by atoms with van der Waals surface area (Å²) in [4.78, 5) is 24.7. The van der Waals surface area contributed by atoms with Crippen molar-refractivity contribution in [3.05, 3.63) is 23.3 Å². The molecule has 0 aromatic carbocycles. The molecule has 0 amide bonds. The molecule has 0 aromatic heterocycles. The first-order valence-corrected chi connectivity index (χ1v) is 6.15. The van der Waals surface area contributed by atoms with Gasteiger partial charge in [0.2, 0.25) is 0 Å². The van der Waals surface area contributed by atoms with Crippen LogP contribution in [0, 0.1) is 16.7 Å². The van der Waals surface area contributed by atoms with Crippen molar-refractivity contribution in [3.8, 4) is 0 Å². The van der Waals surface area contributed by atoms with E-state index in [4.69, 9.17) is 0 Å². The van der Waals surface area contributed by atoms with Crippen LogP contribution in [0.3, 0.4) is 0 Å². The van der Waals surface area contributed by atoms with E-state index < -0.39 is 5.41 Å². The van der Waals surface area contributed by atoms with Crippen LogP contribution in [0.15, 0.2) is 23.3 Å². The highest BCUT2D eigenvalue weighted by atomic mass is 16.1. The van der Waals surface area contributed by atoms with Gasteiger partial charge in [0.15, 0.2) is 11.6 Å². The minimum Gasteiger partial charge on any atom is -0.294 e. The van der Waals surface area contributed by atoms with Crippen LogP contribution >= 0.6 is 0 Å². The van der Waals surface area contributed by atoms with Gasteiger partial charge in [0.05, 0.1) is 0 Å². The molecule has 0 unspecified atom stereocenters. The smallest absolute Gasteiger partial charge is 0.166 e. The number of allylic oxidation sites excluding steroid dienone is 4. The number of ketones is 2. The summed E-state index contributed by atoms with van der Waals surface area (Å²) in [6.45, 7) is 9.88. The van der Waals surface area contributed by atoms with Gasteiger partial charge in [0.25, 0.3) is 0 Å². The van der Waals surface area contributed by atoms with Gasteiger partial charge in [-0.1, -0.05) is 32.4 Å². The SMILES string of the molecule is CC1=CC(C)(C)[C@@]2(C)C(=O)C(C)=CC(=O)[C@H]2C1. The Labute approximate surface area is 103 Å². The molecular formula is C15H20O2. The van der Waals surface area contributed by atoms with Gasteiger partial charge in [0, 0.05) is 11.3 Å². The minimum atomic E-state index is -0.581. The Balaban J connectivity index is 2.66. The van der Waals surface area contributed by atoms with Gasteiger partial charge >= 0.3 is 0 Å². The normalized spacial score (nSPS) is 36.2. The van der Waals surface area contributed by atoms with Gasteiger partial charge in [-0.25, -0.2) is 0 Å². The van der Waals surface area contributed by atoms with Gasteiger partial charge in [0.1, 0.15) is 0 Å². The third-order valence-electron chi connectivity index (χ3n) is 4.70. The molecule has 0 heterocycles. The minimum absolute atomic E-state index is 0.116. The third kappa shape index (κ3) is 1.46. The van der Waals surface area contributed by atoms with Crippen molar-refractivity contribution in [1.29, 1.82) is 0 Å². The van der Waals surface area contributed by atoms with E-state index in [1.807, 2.05) is 13.8 Å². The van der Waals surface area contributed by atoms with Crippen molar-refractivity contribution >= 4 is 11.6 Å². The summed E-state index contributed by atoms with van der Waals surface area (Å²) in [6, 6.07) is 0. The summed E-state index contributed by atoms with van der Waals surface area (Å²) in [6.07, 6.45) is 4.41. The molecule has 2 aliphatic rings. The number of hydrogen-bond donors (Lipinski definition) is 0. The predicted molar refractivity (Wildman–Crippen MR) is 67.5 cm³/mol. The highest BCUT2D eigenvalue weighted by Crippen LogP contribution is 2.55. The Morgan fingerprint density at radius 1 is 1.18 bits per heavy atom. The molecule has 2 nitrogen and oxygen atoms in total. The average Bonchev–Trinajstić information content (AvgIpc) is 2.19. The maximum atomic E-state index is 12.5. The van der Waals surface area contributed by atoms with Gasteiger partial charge in [-0.05, 0) is 37.3 Å². The number of carbonyl (C=O) groups excluding carboxylic acids is 2. The van der Waals surface area contributed by atoms with E-state index in [2.05, 4.69) is 19.9 Å². The third-order valence-corrected chi connectivity index (χ3v) is 4.70. The Bertz CT molecular complexity index is 465. The summed E-state index contributed by atoms with van der Waals surface area (Å²) in [5.41, 5.74) is 0.978. The fourth-order valence-corrected chi connectivity index (χ4v) is 3.43. The van der Waals surface area contributed by atoms with Crippen LogP contribution in [0.4, 0.5) is 0 Å². The second-order valence-corrected chi connectivity index (χ2v) is 6.23. The highest BCUT2D eigenvalue weighted by Gasteiger charge is 2.57. The maximum Gasteiger partial charge on any atom is 0.166 e. The van der Waals surface area contributed by atoms with Gasteiger partial charge in [-0.3, -0.25) is 9.59 Å². The lowest BCUT2D eigenvalue weighted by Crippen LogP contribution is -2.54. The first kappa shape index (κ1) is 12.3. The van der Waals surface area contributed by atoms with E-state index in [9.17, 15) is 9.59 Å². The van der Waals surface area contributed by atoms with Crippen LogP contribution < -0.4 is 0 Å². The van der Waals surface area contributed by atoms with E-state index in [1.165, 1.54) is 11.6 Å². The molecule has 0 aromatic rings. The standard InChI is InChI=1S/C15H20O2/c1-9-6-11-12(16)7-10(2)13(17)15(11,5)14(3,4)8-9/h7-8,11H,6H2,1-5H3/t11-,15-/m1/s1. The number of fused-ring (bicyclic) bond motifs is 1. The molecule has 0 saturated heterocycles.